The molecule has 0 atom stereocenters. The van der Waals surface area contributed by atoms with Gasteiger partial charge in [-0.25, -0.2) is 0 Å². The number of hydrogen-bond donors (Lipinski definition) is 0. The van der Waals surface area contributed by atoms with E-state index in [1.165, 1.54) is 0 Å². The molecule has 0 bridgehead atoms. The maximum atomic E-state index is 0. The molecule has 4 heteroatoms. The van der Waals surface area contributed by atoms with Crippen molar-refractivity contribution in [2.24, 2.45) is 0 Å². The van der Waals surface area contributed by atoms with E-state index >= 15 is 0 Å². The van der Waals surface area contributed by atoms with Crippen LogP contribution in [-0.2, 0) is 40.5 Å². The molecule has 0 nitrogen and oxygen atoms in total. The van der Waals surface area contributed by atoms with Crippen LogP contribution in [0.25, 0.3) is 0 Å². The fraction of sp³-hybridized carbons (Fsp3) is 0. The van der Waals surface area contributed by atoms with Crippen molar-refractivity contribution in [2.45, 2.75) is 0 Å². The van der Waals surface area contributed by atoms with Crippen LogP contribution in [0.1, 0.15) is 0 Å². The fourth-order valence-corrected chi connectivity index (χ4v) is 0. The summed E-state index contributed by atoms with van der Waals surface area (Å²) < 4.78 is 0. The summed E-state index contributed by atoms with van der Waals surface area (Å²) in [6.45, 7) is 0. The predicted octanol–water partition coefficient (Wildman–Crippen LogP) is -1.19. The summed E-state index contributed by atoms with van der Waals surface area (Å²) in [5, 5.41) is 0. The van der Waals surface area contributed by atoms with Gasteiger partial charge < -0.3 is 40.5 Å². The van der Waals surface area contributed by atoms with Gasteiger partial charge in [-0.1, -0.05) is 0 Å². The van der Waals surface area contributed by atoms with Crippen LogP contribution in [0.4, 0.5) is 0 Å². The molecular formula is H3InS3. The summed E-state index contributed by atoms with van der Waals surface area (Å²) in [6, 6.07) is 0. The Morgan fingerprint density at radius 3 is 0.500 bits per heavy atom. The Kier molecular flexibility index (Phi) is 199. The first-order chi connectivity index (χ1) is 0. The third-order valence-corrected chi connectivity index (χ3v) is 0. The molecule has 0 aromatic carbocycles. The molecule has 0 aromatic heterocycles. The maximum Gasteiger partial charge on any atom is 3.00 e. The predicted molar refractivity (Wildman–Crippen MR) is 32.0 cm³/mol. The zero-order valence-electron chi connectivity index (χ0n) is 1.92. The first-order valence-electron chi connectivity index (χ1n) is 0. The molecule has 4 heavy (non-hydrogen) atoms. The average Bonchev–Trinajstić information content (AvgIpc) is 0. The zero-order valence-corrected chi connectivity index (χ0v) is 7.90. The summed E-state index contributed by atoms with van der Waals surface area (Å²) in [5.41, 5.74) is 0. The Bertz CT molecular complexity index is 3.25. The first-order valence-corrected chi connectivity index (χ1v) is 0. The van der Waals surface area contributed by atoms with Gasteiger partial charge in [-0.15, -0.1) is 0 Å². The van der Waals surface area contributed by atoms with E-state index in [1.54, 1.807) is 0 Å². The Hall–Kier alpha value is 1.92. The minimum Gasteiger partial charge on any atom is -0.813 e. The third-order valence-electron chi connectivity index (χ3n) is 0. The summed E-state index contributed by atoms with van der Waals surface area (Å²) in [7, 11) is 0. The molecule has 0 heterocycles. The monoisotopic (exact) mass is 214 g/mol. The summed E-state index contributed by atoms with van der Waals surface area (Å²) in [6.07, 6.45) is 0. The second-order valence-electron chi connectivity index (χ2n) is 0. The minimum atomic E-state index is 0. The van der Waals surface area contributed by atoms with Crippen molar-refractivity contribution >= 4 is 66.3 Å². The van der Waals surface area contributed by atoms with E-state index in [1.807, 2.05) is 0 Å². The van der Waals surface area contributed by atoms with E-state index < -0.39 is 0 Å². The summed E-state index contributed by atoms with van der Waals surface area (Å²) in [5.74, 6) is 0. The van der Waals surface area contributed by atoms with Gasteiger partial charge in [-0.3, -0.25) is 0 Å². The van der Waals surface area contributed by atoms with Gasteiger partial charge in [0.1, 0.15) is 0 Å². The van der Waals surface area contributed by atoms with Gasteiger partial charge in [0, 0.05) is 0 Å². The molecule has 0 unspecified atom stereocenters. The Labute approximate surface area is 65.9 Å². The fourth-order valence-electron chi connectivity index (χ4n) is 0. The molecular weight excluding hydrogens is 211 g/mol. The molecule has 0 aliphatic heterocycles. The molecule has 0 aromatic rings. The molecule has 0 aliphatic rings. The van der Waals surface area contributed by atoms with Crippen LogP contribution in [0.3, 0.4) is 0 Å². The largest absolute Gasteiger partial charge is 3.00 e. The number of hydrogen-bond acceptors (Lipinski definition) is 3. The van der Waals surface area contributed by atoms with Gasteiger partial charge in [0.2, 0.25) is 0 Å². The molecule has 24 valence electrons. The minimum absolute atomic E-state index is 0. The molecule has 0 spiro atoms. The van der Waals surface area contributed by atoms with E-state index in [0.29, 0.717) is 0 Å². The van der Waals surface area contributed by atoms with Crippen molar-refractivity contribution in [1.29, 1.82) is 0 Å². The van der Waals surface area contributed by atoms with Gasteiger partial charge in [0.25, 0.3) is 0 Å². The molecule has 0 amide bonds. The topological polar surface area (TPSA) is 0 Å². The van der Waals surface area contributed by atoms with Crippen LogP contribution in [0, 0.1) is 0 Å². The molecule has 0 saturated heterocycles. The van der Waals surface area contributed by atoms with Gasteiger partial charge >= 0.3 is 25.8 Å². The average molecular weight is 214 g/mol. The van der Waals surface area contributed by atoms with Gasteiger partial charge in [0.05, 0.1) is 0 Å². The Morgan fingerprint density at radius 2 is 0.500 bits per heavy atom. The second-order valence-corrected chi connectivity index (χ2v) is 0. The molecule has 0 N–H and O–H groups in total. The van der Waals surface area contributed by atoms with Crippen molar-refractivity contribution in [2.75, 3.05) is 0 Å². The van der Waals surface area contributed by atoms with Crippen molar-refractivity contribution in [3.05, 3.63) is 0 Å². The van der Waals surface area contributed by atoms with Crippen LogP contribution < -0.4 is 0 Å². The van der Waals surface area contributed by atoms with Crippen molar-refractivity contribution in [1.82, 2.24) is 0 Å². The standard InChI is InChI=1S/In.3H2S/h;3*1H2/q+3;;;/p-3. The zero-order chi connectivity index (χ0) is 0. The molecule has 0 saturated carbocycles. The smallest absolute Gasteiger partial charge is 0.813 e. The molecule has 0 aliphatic carbocycles. The van der Waals surface area contributed by atoms with Crippen LogP contribution in [0.2, 0.25) is 0 Å². The number of thiol groups is 3. The van der Waals surface area contributed by atoms with Crippen LogP contribution in [-0.4, -0.2) is 25.8 Å². The van der Waals surface area contributed by atoms with Crippen molar-refractivity contribution in [3.63, 3.8) is 0 Å². The summed E-state index contributed by atoms with van der Waals surface area (Å²) in [4.78, 5) is 0. The van der Waals surface area contributed by atoms with Gasteiger partial charge in [-0.2, -0.15) is 0 Å². The van der Waals surface area contributed by atoms with Crippen molar-refractivity contribution < 1.29 is 0 Å². The SMILES string of the molecule is [In+3].[SH-].[SH-].[SH-]. The van der Waals surface area contributed by atoms with E-state index in [4.69, 9.17) is 0 Å². The molecule has 0 rings (SSSR count). The summed E-state index contributed by atoms with van der Waals surface area (Å²) >= 11 is 0. The Balaban J connectivity index is 0. The molecule has 0 radical (unpaired) electrons. The van der Waals surface area contributed by atoms with Gasteiger partial charge in [0.15, 0.2) is 0 Å². The Morgan fingerprint density at radius 1 is 0.500 bits per heavy atom. The van der Waals surface area contributed by atoms with Crippen LogP contribution >= 0.6 is 0 Å². The normalized spacial score (nSPS) is 0. The van der Waals surface area contributed by atoms with E-state index in [9.17, 15) is 0 Å². The maximum absolute atomic E-state index is 0. The molecule has 0 fully saturated rings. The quantitative estimate of drug-likeness (QED) is 0.367. The van der Waals surface area contributed by atoms with Gasteiger partial charge in [-0.05, 0) is 0 Å². The second kappa shape index (κ2) is 20.5. The van der Waals surface area contributed by atoms with E-state index in [2.05, 4.69) is 0 Å². The third kappa shape index (κ3) is 9.07. The van der Waals surface area contributed by atoms with Crippen LogP contribution in [0.5, 0.6) is 0 Å². The van der Waals surface area contributed by atoms with Crippen LogP contribution in [0.15, 0.2) is 0 Å². The first kappa shape index (κ1) is 38.9. The van der Waals surface area contributed by atoms with E-state index in [-0.39, 0.29) is 66.3 Å². The number of rotatable bonds is 0. The van der Waals surface area contributed by atoms with E-state index in [0.717, 1.165) is 0 Å². The van der Waals surface area contributed by atoms with Crippen molar-refractivity contribution in [3.8, 4) is 0 Å².